The maximum Gasteiger partial charge on any atom is 0.237 e. The highest BCUT2D eigenvalue weighted by molar-refractivity contribution is 7.99. The molecule has 0 radical (unpaired) electrons. The number of carbonyl (C=O) groups excluding carboxylic acids is 2. The van der Waals surface area contributed by atoms with Crippen molar-refractivity contribution >= 4 is 29.3 Å². The minimum Gasteiger partial charge on any atom is -0.495 e. The summed E-state index contributed by atoms with van der Waals surface area (Å²) in [6.45, 7) is 4.50. The van der Waals surface area contributed by atoms with Crippen LogP contribution in [0.1, 0.15) is 31.7 Å². The highest BCUT2D eigenvalue weighted by atomic mass is 32.2. The first kappa shape index (κ1) is 23.4. The van der Waals surface area contributed by atoms with E-state index in [1.54, 1.807) is 30.3 Å². The average molecular weight is 453 g/mol. The molecule has 0 bridgehead atoms. The quantitative estimate of drug-likeness (QED) is 0.470. The van der Waals surface area contributed by atoms with Crippen LogP contribution in [0.3, 0.4) is 0 Å². The van der Waals surface area contributed by atoms with Gasteiger partial charge in [-0.3, -0.25) is 14.2 Å². The lowest BCUT2D eigenvalue weighted by Crippen LogP contribution is -2.35. The number of methoxy groups -OCH3 is 1. The Morgan fingerprint density at radius 3 is 2.53 bits per heavy atom. The summed E-state index contributed by atoms with van der Waals surface area (Å²) in [6.07, 6.45) is 3.65. The maximum atomic E-state index is 13.1. The van der Waals surface area contributed by atoms with Crippen LogP contribution in [0.25, 0.3) is 5.69 Å². The molecule has 0 spiro atoms. The number of ether oxygens (including phenoxy) is 1. The third kappa shape index (κ3) is 5.70. The van der Waals surface area contributed by atoms with E-state index in [4.69, 9.17) is 10.5 Å². The van der Waals surface area contributed by atoms with Crippen molar-refractivity contribution in [1.82, 2.24) is 9.55 Å². The third-order valence-electron chi connectivity index (χ3n) is 5.03. The molecule has 0 unspecified atom stereocenters. The molecule has 0 atom stereocenters. The largest absolute Gasteiger partial charge is 0.495 e. The van der Waals surface area contributed by atoms with Crippen LogP contribution in [-0.2, 0) is 9.59 Å². The van der Waals surface area contributed by atoms with E-state index in [0.29, 0.717) is 22.5 Å². The van der Waals surface area contributed by atoms with Gasteiger partial charge < -0.3 is 15.4 Å². The van der Waals surface area contributed by atoms with Crippen molar-refractivity contribution in [2.45, 2.75) is 31.3 Å². The molecule has 0 aliphatic carbocycles. The summed E-state index contributed by atoms with van der Waals surface area (Å²) >= 11 is 1.34. The number of anilines is 1. The zero-order valence-corrected chi connectivity index (χ0v) is 19.3. The average Bonchev–Trinajstić information content (AvgIpc) is 3.26. The number of rotatable bonds is 10. The minimum absolute atomic E-state index is 0.0608. The second-order valence-corrected chi connectivity index (χ2v) is 8.49. The molecule has 1 aromatic heterocycles. The number of imidazole rings is 1. The van der Waals surface area contributed by atoms with E-state index in [9.17, 15) is 9.59 Å². The molecule has 2 N–H and O–H groups in total. The van der Waals surface area contributed by atoms with E-state index in [0.717, 1.165) is 5.69 Å². The first-order valence-electron chi connectivity index (χ1n) is 10.4. The Labute approximate surface area is 192 Å². The summed E-state index contributed by atoms with van der Waals surface area (Å²) in [6, 6.07) is 15.5. The molecular weight excluding hydrogens is 424 g/mol. The fourth-order valence-corrected chi connectivity index (χ4v) is 4.12. The number of amides is 2. The van der Waals surface area contributed by atoms with Crippen LogP contribution in [-0.4, -0.2) is 40.8 Å². The lowest BCUT2D eigenvalue weighted by atomic mass is 10.0. The van der Waals surface area contributed by atoms with E-state index in [-0.39, 0.29) is 24.6 Å². The summed E-state index contributed by atoms with van der Waals surface area (Å²) in [5.74, 6) is 0.538. The summed E-state index contributed by atoms with van der Waals surface area (Å²) in [7, 11) is 1.55. The van der Waals surface area contributed by atoms with Gasteiger partial charge in [0.15, 0.2) is 5.16 Å². The van der Waals surface area contributed by atoms with Crippen molar-refractivity contribution in [3.63, 3.8) is 0 Å². The molecule has 3 aromatic rings. The Hall–Kier alpha value is -3.26. The van der Waals surface area contributed by atoms with Crippen molar-refractivity contribution in [2.24, 2.45) is 5.73 Å². The topological polar surface area (TPSA) is 90.4 Å². The second-order valence-electron chi connectivity index (χ2n) is 7.55. The molecule has 7 nitrogen and oxygen atoms in total. The Balaban J connectivity index is 1.77. The smallest absolute Gasteiger partial charge is 0.237 e. The van der Waals surface area contributed by atoms with E-state index < -0.39 is 5.91 Å². The van der Waals surface area contributed by atoms with E-state index in [2.05, 4.69) is 43.1 Å². The first-order chi connectivity index (χ1) is 15.4. The van der Waals surface area contributed by atoms with Crippen molar-refractivity contribution in [3.05, 3.63) is 66.5 Å². The van der Waals surface area contributed by atoms with Gasteiger partial charge in [0.1, 0.15) is 5.75 Å². The van der Waals surface area contributed by atoms with Crippen LogP contribution in [0, 0.1) is 0 Å². The van der Waals surface area contributed by atoms with Gasteiger partial charge in [0.05, 0.1) is 18.6 Å². The third-order valence-corrected chi connectivity index (χ3v) is 5.98. The number of carbonyl (C=O) groups is 2. The van der Waals surface area contributed by atoms with Crippen LogP contribution < -0.4 is 15.4 Å². The highest BCUT2D eigenvalue weighted by Crippen LogP contribution is 2.29. The summed E-state index contributed by atoms with van der Waals surface area (Å²) in [5.41, 5.74) is 8.18. The molecule has 0 saturated carbocycles. The Bertz CT molecular complexity index is 1060. The lowest BCUT2D eigenvalue weighted by molar-refractivity contribution is -0.118. The highest BCUT2D eigenvalue weighted by Gasteiger charge is 2.21. The molecule has 0 aliphatic heterocycles. The first-order valence-corrected chi connectivity index (χ1v) is 11.4. The van der Waals surface area contributed by atoms with Crippen LogP contribution in [0.15, 0.2) is 66.1 Å². The number of hydrogen-bond acceptors (Lipinski definition) is 5. The number of nitrogens with zero attached hydrogens (tertiary/aromatic N) is 3. The van der Waals surface area contributed by atoms with Crippen LogP contribution >= 0.6 is 11.8 Å². The van der Waals surface area contributed by atoms with Gasteiger partial charge in [-0.1, -0.05) is 49.9 Å². The lowest BCUT2D eigenvalue weighted by Gasteiger charge is -2.24. The van der Waals surface area contributed by atoms with E-state index >= 15 is 0 Å². The fourth-order valence-electron chi connectivity index (χ4n) is 3.27. The number of para-hydroxylation sites is 2. The van der Waals surface area contributed by atoms with Gasteiger partial charge in [-0.15, -0.1) is 0 Å². The maximum absolute atomic E-state index is 13.1. The van der Waals surface area contributed by atoms with Crippen molar-refractivity contribution in [1.29, 1.82) is 0 Å². The number of aromatic nitrogens is 2. The van der Waals surface area contributed by atoms with Crippen LogP contribution in [0.5, 0.6) is 5.75 Å². The molecule has 168 valence electrons. The molecule has 32 heavy (non-hydrogen) atoms. The van der Waals surface area contributed by atoms with E-state index in [1.165, 1.54) is 17.3 Å². The summed E-state index contributed by atoms with van der Waals surface area (Å²) < 4.78 is 7.36. The summed E-state index contributed by atoms with van der Waals surface area (Å²) in [4.78, 5) is 30.5. The number of benzene rings is 2. The molecule has 3 rings (SSSR count). The molecule has 1 heterocycles. The van der Waals surface area contributed by atoms with Gasteiger partial charge in [-0.05, 0) is 35.7 Å². The minimum atomic E-state index is -0.467. The number of hydrogen-bond donors (Lipinski definition) is 1. The zero-order chi connectivity index (χ0) is 23.1. The van der Waals surface area contributed by atoms with E-state index in [1.807, 2.05) is 22.9 Å². The Morgan fingerprint density at radius 2 is 1.88 bits per heavy atom. The van der Waals surface area contributed by atoms with Gasteiger partial charge in [0.2, 0.25) is 11.8 Å². The zero-order valence-electron chi connectivity index (χ0n) is 18.5. The fraction of sp³-hybridized carbons (Fsp3) is 0.292. The molecular formula is C24H28N4O3S. The van der Waals surface area contributed by atoms with Gasteiger partial charge in [0, 0.05) is 31.0 Å². The molecule has 0 saturated heterocycles. The standard InChI is InChI=1S/C24H28N4O3S/c1-17(2)18-8-10-19(11-9-18)27-15-13-26-24(27)32-16-23(30)28(14-12-22(25)29)20-6-4-5-7-21(20)31-3/h4-11,13,15,17H,12,14,16H2,1-3H3,(H2,25,29). The summed E-state index contributed by atoms with van der Waals surface area (Å²) in [5, 5.41) is 0.713. The molecule has 2 aromatic carbocycles. The monoisotopic (exact) mass is 452 g/mol. The molecule has 0 aliphatic rings. The van der Waals surface area contributed by atoms with Gasteiger partial charge >= 0.3 is 0 Å². The Kier molecular flexibility index (Phi) is 7.94. The number of thioether (sulfide) groups is 1. The Morgan fingerprint density at radius 1 is 1.16 bits per heavy atom. The SMILES string of the molecule is COc1ccccc1N(CCC(N)=O)C(=O)CSc1nccn1-c1ccc(C(C)C)cc1. The molecule has 8 heteroatoms. The van der Waals surface area contributed by atoms with Gasteiger partial charge in [-0.25, -0.2) is 4.98 Å². The predicted molar refractivity (Wildman–Crippen MR) is 128 cm³/mol. The molecule has 0 fully saturated rings. The van der Waals surface area contributed by atoms with Crippen LogP contribution in [0.4, 0.5) is 5.69 Å². The predicted octanol–water partition coefficient (Wildman–Crippen LogP) is 4.01. The van der Waals surface area contributed by atoms with Crippen molar-refractivity contribution < 1.29 is 14.3 Å². The van der Waals surface area contributed by atoms with Gasteiger partial charge in [0.25, 0.3) is 0 Å². The van der Waals surface area contributed by atoms with Crippen molar-refractivity contribution in [3.8, 4) is 11.4 Å². The van der Waals surface area contributed by atoms with Gasteiger partial charge in [-0.2, -0.15) is 0 Å². The molecule has 2 amide bonds. The van der Waals surface area contributed by atoms with Crippen molar-refractivity contribution in [2.75, 3.05) is 24.3 Å². The number of nitrogens with two attached hydrogens (primary N) is 1. The van der Waals surface area contributed by atoms with Crippen LogP contribution in [0.2, 0.25) is 0 Å². The second kappa shape index (κ2) is 10.9. The number of primary amides is 1. The normalized spacial score (nSPS) is 10.9.